The third kappa shape index (κ3) is 3.75. The van der Waals surface area contributed by atoms with E-state index in [2.05, 4.69) is 55.6 Å². The van der Waals surface area contributed by atoms with E-state index in [9.17, 15) is 0 Å². The average Bonchev–Trinajstić information content (AvgIpc) is 2.45. The molecule has 0 saturated carbocycles. The molecule has 2 nitrogen and oxygen atoms in total. The Morgan fingerprint density at radius 1 is 1.05 bits per heavy atom. The van der Waals surface area contributed by atoms with Crippen LogP contribution in [0, 0.1) is 0 Å². The lowest BCUT2D eigenvalue weighted by Crippen LogP contribution is -2.00. The van der Waals surface area contributed by atoms with E-state index in [1.54, 1.807) is 7.11 Å². The number of methoxy groups -OCH3 is 1. The first-order chi connectivity index (χ1) is 9.19. The van der Waals surface area contributed by atoms with Crippen molar-refractivity contribution in [3.8, 4) is 5.75 Å². The minimum Gasteiger partial charge on any atom is -0.497 e. The zero-order chi connectivity index (χ0) is 13.7. The van der Waals surface area contributed by atoms with Gasteiger partial charge in [0.1, 0.15) is 5.75 Å². The molecule has 0 aliphatic carbocycles. The smallest absolute Gasteiger partial charge is 0.119 e. The number of anilines is 1. The minimum absolute atomic E-state index is 0.554. The molecule has 100 valence electrons. The largest absolute Gasteiger partial charge is 0.497 e. The molecule has 0 saturated heterocycles. The lowest BCUT2D eigenvalue weighted by Gasteiger charge is -2.11. The Bertz CT molecular complexity index is 534. The van der Waals surface area contributed by atoms with Gasteiger partial charge in [-0.15, -0.1) is 0 Å². The minimum atomic E-state index is 0.554. The van der Waals surface area contributed by atoms with Crippen molar-refractivity contribution in [3.05, 3.63) is 59.7 Å². The van der Waals surface area contributed by atoms with Crippen molar-refractivity contribution in [2.24, 2.45) is 0 Å². The van der Waals surface area contributed by atoms with Crippen LogP contribution < -0.4 is 10.1 Å². The highest BCUT2D eigenvalue weighted by Crippen LogP contribution is 2.19. The standard InChI is InChI=1S/C17H21NO/c1-13(2)15-7-5-8-16(11-15)18-12-14-6-4-9-17(10-14)19-3/h4-11,13,18H,12H2,1-3H3. The highest BCUT2D eigenvalue weighted by Gasteiger charge is 2.01. The molecule has 0 fully saturated rings. The number of benzene rings is 2. The molecule has 0 aliphatic heterocycles. The second-order valence-corrected chi connectivity index (χ2v) is 4.99. The van der Waals surface area contributed by atoms with Gasteiger partial charge in [0.25, 0.3) is 0 Å². The van der Waals surface area contributed by atoms with Crippen molar-refractivity contribution in [2.75, 3.05) is 12.4 Å². The Hall–Kier alpha value is -1.96. The summed E-state index contributed by atoms with van der Waals surface area (Å²) in [5.74, 6) is 1.45. The van der Waals surface area contributed by atoms with E-state index in [0.717, 1.165) is 18.0 Å². The fourth-order valence-electron chi connectivity index (χ4n) is 1.99. The summed E-state index contributed by atoms with van der Waals surface area (Å²) in [4.78, 5) is 0. The first kappa shape index (κ1) is 13.5. The maximum atomic E-state index is 5.23. The fourth-order valence-corrected chi connectivity index (χ4v) is 1.99. The van der Waals surface area contributed by atoms with Crippen LogP contribution in [0.4, 0.5) is 5.69 Å². The lowest BCUT2D eigenvalue weighted by atomic mass is 10.0. The van der Waals surface area contributed by atoms with Crippen LogP contribution >= 0.6 is 0 Å². The summed E-state index contributed by atoms with van der Waals surface area (Å²) in [6, 6.07) is 16.7. The molecule has 0 heterocycles. The van der Waals surface area contributed by atoms with E-state index in [0.29, 0.717) is 5.92 Å². The van der Waals surface area contributed by atoms with Gasteiger partial charge < -0.3 is 10.1 Å². The highest BCUT2D eigenvalue weighted by molar-refractivity contribution is 5.47. The van der Waals surface area contributed by atoms with Crippen molar-refractivity contribution in [2.45, 2.75) is 26.3 Å². The predicted molar refractivity (Wildman–Crippen MR) is 80.9 cm³/mol. The van der Waals surface area contributed by atoms with Crippen molar-refractivity contribution < 1.29 is 4.74 Å². The molecule has 0 unspecified atom stereocenters. The Balaban J connectivity index is 2.03. The molecule has 0 aliphatic rings. The van der Waals surface area contributed by atoms with Gasteiger partial charge in [-0.25, -0.2) is 0 Å². The Kier molecular flexibility index (Phi) is 4.45. The van der Waals surface area contributed by atoms with Gasteiger partial charge >= 0.3 is 0 Å². The third-order valence-corrected chi connectivity index (χ3v) is 3.18. The summed E-state index contributed by atoms with van der Waals surface area (Å²) in [6.07, 6.45) is 0. The van der Waals surface area contributed by atoms with Crippen LogP contribution in [0.3, 0.4) is 0 Å². The zero-order valence-corrected chi connectivity index (χ0v) is 11.8. The molecule has 0 amide bonds. The van der Waals surface area contributed by atoms with Gasteiger partial charge in [0.2, 0.25) is 0 Å². The zero-order valence-electron chi connectivity index (χ0n) is 11.8. The molecule has 0 bridgehead atoms. The van der Waals surface area contributed by atoms with Crippen molar-refractivity contribution in [3.63, 3.8) is 0 Å². The van der Waals surface area contributed by atoms with E-state index in [1.165, 1.54) is 11.1 Å². The van der Waals surface area contributed by atoms with Gasteiger partial charge in [-0.2, -0.15) is 0 Å². The summed E-state index contributed by atoms with van der Waals surface area (Å²) in [5, 5.41) is 3.45. The molecule has 2 aromatic carbocycles. The first-order valence-electron chi connectivity index (χ1n) is 6.66. The molecular formula is C17H21NO. The van der Waals surface area contributed by atoms with Gasteiger partial charge in [0, 0.05) is 12.2 Å². The maximum absolute atomic E-state index is 5.23. The average molecular weight is 255 g/mol. The van der Waals surface area contributed by atoms with E-state index < -0.39 is 0 Å². The summed E-state index contributed by atoms with van der Waals surface area (Å²) < 4.78 is 5.23. The maximum Gasteiger partial charge on any atom is 0.119 e. The normalized spacial score (nSPS) is 10.5. The van der Waals surface area contributed by atoms with Crippen LogP contribution in [-0.4, -0.2) is 7.11 Å². The molecule has 0 radical (unpaired) electrons. The topological polar surface area (TPSA) is 21.3 Å². The van der Waals surface area contributed by atoms with E-state index in [1.807, 2.05) is 12.1 Å². The number of nitrogens with one attached hydrogen (secondary N) is 1. The van der Waals surface area contributed by atoms with Crippen molar-refractivity contribution >= 4 is 5.69 Å². The molecule has 0 spiro atoms. The summed E-state index contributed by atoms with van der Waals surface area (Å²) in [7, 11) is 1.69. The summed E-state index contributed by atoms with van der Waals surface area (Å²) in [5.41, 5.74) is 3.74. The number of hydrogen-bond acceptors (Lipinski definition) is 2. The molecule has 0 aromatic heterocycles. The first-order valence-corrected chi connectivity index (χ1v) is 6.66. The lowest BCUT2D eigenvalue weighted by molar-refractivity contribution is 0.414. The SMILES string of the molecule is COc1cccc(CNc2cccc(C(C)C)c2)c1. The fraction of sp³-hybridized carbons (Fsp3) is 0.294. The van der Waals surface area contributed by atoms with Crippen LogP contribution in [0.1, 0.15) is 30.9 Å². The molecule has 2 rings (SSSR count). The second kappa shape index (κ2) is 6.28. The van der Waals surface area contributed by atoms with E-state index >= 15 is 0 Å². The third-order valence-electron chi connectivity index (χ3n) is 3.18. The molecule has 2 heteroatoms. The van der Waals surface area contributed by atoms with Gasteiger partial charge in [-0.05, 0) is 41.3 Å². The molecular weight excluding hydrogens is 234 g/mol. The number of ether oxygens (including phenoxy) is 1. The quantitative estimate of drug-likeness (QED) is 0.853. The predicted octanol–water partition coefficient (Wildman–Crippen LogP) is 4.43. The number of hydrogen-bond donors (Lipinski definition) is 1. The van der Waals surface area contributed by atoms with Crippen LogP contribution in [0.2, 0.25) is 0 Å². The van der Waals surface area contributed by atoms with Crippen LogP contribution in [0.25, 0.3) is 0 Å². The Labute approximate surface area is 115 Å². The monoisotopic (exact) mass is 255 g/mol. The second-order valence-electron chi connectivity index (χ2n) is 4.99. The van der Waals surface area contributed by atoms with E-state index in [-0.39, 0.29) is 0 Å². The van der Waals surface area contributed by atoms with Crippen LogP contribution in [0.15, 0.2) is 48.5 Å². The van der Waals surface area contributed by atoms with E-state index in [4.69, 9.17) is 4.74 Å². The van der Waals surface area contributed by atoms with Crippen LogP contribution in [0.5, 0.6) is 5.75 Å². The Morgan fingerprint density at radius 2 is 1.84 bits per heavy atom. The van der Waals surface area contributed by atoms with Gasteiger partial charge in [-0.1, -0.05) is 38.1 Å². The van der Waals surface area contributed by atoms with Crippen molar-refractivity contribution in [1.29, 1.82) is 0 Å². The number of rotatable bonds is 5. The van der Waals surface area contributed by atoms with Gasteiger partial charge in [0.05, 0.1) is 7.11 Å². The van der Waals surface area contributed by atoms with Crippen molar-refractivity contribution in [1.82, 2.24) is 0 Å². The highest BCUT2D eigenvalue weighted by atomic mass is 16.5. The van der Waals surface area contributed by atoms with Gasteiger partial charge in [0.15, 0.2) is 0 Å². The molecule has 1 N–H and O–H groups in total. The van der Waals surface area contributed by atoms with Gasteiger partial charge in [-0.3, -0.25) is 0 Å². The summed E-state index contributed by atoms with van der Waals surface area (Å²) in [6.45, 7) is 5.22. The molecule has 2 aromatic rings. The summed E-state index contributed by atoms with van der Waals surface area (Å²) >= 11 is 0. The molecule has 0 atom stereocenters. The molecule has 19 heavy (non-hydrogen) atoms. The Morgan fingerprint density at radius 3 is 2.58 bits per heavy atom. The van der Waals surface area contributed by atoms with Crippen LogP contribution in [-0.2, 0) is 6.54 Å².